The summed E-state index contributed by atoms with van der Waals surface area (Å²) in [5, 5.41) is 11.7. The highest BCUT2D eigenvalue weighted by atomic mass is 16.6. The van der Waals surface area contributed by atoms with Gasteiger partial charge in [-0.15, -0.1) is 0 Å². The molecule has 0 bridgehead atoms. The Bertz CT molecular complexity index is 885. The summed E-state index contributed by atoms with van der Waals surface area (Å²) in [7, 11) is 2.12. The molecule has 180 valence electrons. The summed E-state index contributed by atoms with van der Waals surface area (Å²) in [6.45, 7) is 9.92. The van der Waals surface area contributed by atoms with E-state index >= 15 is 0 Å². The van der Waals surface area contributed by atoms with Crippen molar-refractivity contribution in [3.05, 3.63) is 42.3 Å². The topological polar surface area (TPSA) is 68.2 Å². The van der Waals surface area contributed by atoms with Gasteiger partial charge in [-0.05, 0) is 62.3 Å². The third-order valence-electron chi connectivity index (χ3n) is 7.57. The van der Waals surface area contributed by atoms with Crippen LogP contribution in [-0.4, -0.2) is 60.5 Å². The van der Waals surface area contributed by atoms with Gasteiger partial charge < -0.3 is 24.2 Å². The lowest BCUT2D eigenvalue weighted by molar-refractivity contribution is -0.148. The van der Waals surface area contributed by atoms with E-state index in [4.69, 9.17) is 14.2 Å². The molecule has 4 rings (SSSR count). The van der Waals surface area contributed by atoms with Crippen LogP contribution in [0.5, 0.6) is 11.5 Å². The van der Waals surface area contributed by atoms with E-state index in [2.05, 4.69) is 38.3 Å². The Balaban J connectivity index is 1.41. The van der Waals surface area contributed by atoms with E-state index in [0.29, 0.717) is 18.4 Å². The largest absolute Gasteiger partial charge is 0.486 e. The van der Waals surface area contributed by atoms with Gasteiger partial charge in [-0.2, -0.15) is 0 Å². The van der Waals surface area contributed by atoms with Gasteiger partial charge in [0.1, 0.15) is 18.8 Å². The van der Waals surface area contributed by atoms with Crippen molar-refractivity contribution in [1.82, 2.24) is 4.90 Å². The van der Waals surface area contributed by atoms with Crippen LogP contribution in [0.1, 0.15) is 40.5 Å². The molecular weight excluding hydrogens is 418 g/mol. The Kier molecular flexibility index (Phi) is 7.06. The van der Waals surface area contributed by atoms with Gasteiger partial charge in [-0.3, -0.25) is 4.79 Å². The molecule has 1 saturated carbocycles. The minimum absolute atomic E-state index is 0.0108. The van der Waals surface area contributed by atoms with Crippen LogP contribution >= 0.6 is 0 Å². The number of likely N-dealkylation sites (N-methyl/N-ethyl adjacent to an activating group) is 1. The number of fused-ring (bicyclic) bond motifs is 2. The van der Waals surface area contributed by atoms with Gasteiger partial charge in [0.05, 0.1) is 12.0 Å². The first-order chi connectivity index (χ1) is 15.7. The Labute approximate surface area is 197 Å². The zero-order chi connectivity index (χ0) is 23.8. The number of rotatable bonds is 6. The van der Waals surface area contributed by atoms with Crippen molar-refractivity contribution >= 4 is 5.97 Å². The molecule has 0 aromatic heterocycles. The number of aliphatic hydroxyl groups is 1. The molecule has 1 aromatic rings. The first-order valence-corrected chi connectivity index (χ1v) is 12.1. The van der Waals surface area contributed by atoms with Crippen LogP contribution in [0.4, 0.5) is 0 Å². The number of carbonyl (C=O) groups is 1. The minimum atomic E-state index is -1.08. The molecule has 7 atom stereocenters. The fourth-order valence-corrected chi connectivity index (χ4v) is 5.81. The molecule has 0 spiro atoms. The standard InChI is InChI=1S/C27H37NO5/c1-17-12-23-22(11-10-19(3)27(23,30)13-26(17)32-20(4)29)18(2)14-28(5)15-21-16-31-24-8-6-7-9-25(24)33-21/h6-9,12,18-19,21-23,26,30H,10-11,14-16H2,1-5H3/t18-,19-,21?,22+,23-,26-,27-/m1/s1. The maximum absolute atomic E-state index is 11.7. The second-order valence-corrected chi connectivity index (χ2v) is 10.2. The van der Waals surface area contributed by atoms with Crippen LogP contribution in [0.2, 0.25) is 0 Å². The highest BCUT2D eigenvalue weighted by Crippen LogP contribution is 2.50. The summed E-state index contributed by atoms with van der Waals surface area (Å²) in [5.41, 5.74) is -0.134. The number of esters is 1. The van der Waals surface area contributed by atoms with Crippen molar-refractivity contribution in [1.29, 1.82) is 0 Å². The summed E-state index contributed by atoms with van der Waals surface area (Å²) in [5.74, 6) is 1.98. The molecule has 1 unspecified atom stereocenters. The van der Waals surface area contributed by atoms with Crippen LogP contribution in [0.15, 0.2) is 35.9 Å². The SMILES string of the molecule is CC(=O)O[C@@H]1[C][C@@]2(O)[C@H](C)CC[C@@H]([C@H](C)CN(C)CC3COc4ccccc4O3)[C@H]2C=C1C. The molecule has 33 heavy (non-hydrogen) atoms. The highest BCUT2D eigenvalue weighted by Gasteiger charge is 2.53. The summed E-state index contributed by atoms with van der Waals surface area (Å²) in [4.78, 5) is 13.8. The Morgan fingerprint density at radius 3 is 2.79 bits per heavy atom. The maximum atomic E-state index is 11.7. The first kappa shape index (κ1) is 24.1. The monoisotopic (exact) mass is 455 g/mol. The van der Waals surface area contributed by atoms with Crippen molar-refractivity contribution in [2.75, 3.05) is 26.7 Å². The molecule has 1 heterocycles. The summed E-state index contributed by atoms with van der Waals surface area (Å²) >= 11 is 0. The van der Waals surface area contributed by atoms with Crippen LogP contribution < -0.4 is 9.47 Å². The van der Waals surface area contributed by atoms with Crippen LogP contribution in [0, 0.1) is 30.1 Å². The Morgan fingerprint density at radius 2 is 2.06 bits per heavy atom. The van der Waals surface area contributed by atoms with Crippen LogP contribution in [0.25, 0.3) is 0 Å². The molecular formula is C27H37NO5. The van der Waals surface area contributed by atoms with Crippen LogP contribution in [-0.2, 0) is 9.53 Å². The number of carbonyl (C=O) groups excluding carboxylic acids is 1. The van der Waals surface area contributed by atoms with Gasteiger partial charge in [0.25, 0.3) is 0 Å². The molecule has 0 amide bonds. The predicted octanol–water partition coefficient (Wildman–Crippen LogP) is 3.76. The molecule has 1 fully saturated rings. The number of benzene rings is 1. The highest BCUT2D eigenvalue weighted by molar-refractivity contribution is 5.66. The van der Waals surface area contributed by atoms with Gasteiger partial charge in [-0.1, -0.05) is 32.1 Å². The zero-order valence-corrected chi connectivity index (χ0v) is 20.4. The summed E-state index contributed by atoms with van der Waals surface area (Å²) < 4.78 is 17.4. The Morgan fingerprint density at radius 1 is 1.33 bits per heavy atom. The average molecular weight is 456 g/mol. The van der Waals surface area contributed by atoms with Crippen molar-refractivity contribution in [3.63, 3.8) is 0 Å². The second-order valence-electron chi connectivity index (χ2n) is 10.2. The van der Waals surface area contributed by atoms with Gasteiger partial charge in [0.15, 0.2) is 11.5 Å². The number of hydrogen-bond acceptors (Lipinski definition) is 6. The minimum Gasteiger partial charge on any atom is -0.486 e. The molecule has 1 aliphatic heterocycles. The van der Waals surface area contributed by atoms with E-state index in [1.165, 1.54) is 6.92 Å². The van der Waals surface area contributed by atoms with Gasteiger partial charge in [-0.25, -0.2) is 0 Å². The zero-order valence-electron chi connectivity index (χ0n) is 20.4. The third-order valence-corrected chi connectivity index (χ3v) is 7.57. The summed E-state index contributed by atoms with van der Waals surface area (Å²) in [6.07, 6.45) is 6.80. The molecule has 2 radical (unpaired) electrons. The van der Waals surface area contributed by atoms with Gasteiger partial charge in [0, 0.05) is 25.9 Å². The number of hydrogen-bond donors (Lipinski definition) is 1. The smallest absolute Gasteiger partial charge is 0.303 e. The normalized spacial score (nSPS) is 34.3. The van der Waals surface area contributed by atoms with E-state index in [-0.39, 0.29) is 23.9 Å². The lowest BCUT2D eigenvalue weighted by Crippen LogP contribution is -2.56. The van der Waals surface area contributed by atoms with E-state index in [9.17, 15) is 9.90 Å². The van der Waals surface area contributed by atoms with Gasteiger partial charge in [0.2, 0.25) is 0 Å². The fourth-order valence-electron chi connectivity index (χ4n) is 5.81. The van der Waals surface area contributed by atoms with E-state index in [1.807, 2.05) is 31.2 Å². The molecule has 2 aliphatic carbocycles. The van der Waals surface area contributed by atoms with Crippen molar-refractivity contribution in [2.24, 2.45) is 23.7 Å². The molecule has 6 heteroatoms. The number of nitrogens with zero attached hydrogens (tertiary/aromatic N) is 1. The lowest BCUT2D eigenvalue weighted by Gasteiger charge is -2.52. The average Bonchev–Trinajstić information content (AvgIpc) is 2.75. The van der Waals surface area contributed by atoms with Gasteiger partial charge >= 0.3 is 5.97 Å². The first-order valence-electron chi connectivity index (χ1n) is 12.1. The van der Waals surface area contributed by atoms with Crippen molar-refractivity contribution < 1.29 is 24.1 Å². The lowest BCUT2D eigenvalue weighted by atomic mass is 9.57. The Hall–Kier alpha value is -2.05. The number of para-hydroxylation sites is 2. The molecule has 3 aliphatic rings. The molecule has 1 N–H and O–H groups in total. The van der Waals surface area contributed by atoms with E-state index in [1.54, 1.807) is 0 Å². The molecule has 1 aromatic carbocycles. The van der Waals surface area contributed by atoms with Crippen molar-refractivity contribution in [2.45, 2.75) is 58.3 Å². The molecule has 6 nitrogen and oxygen atoms in total. The third kappa shape index (κ3) is 5.07. The second kappa shape index (κ2) is 9.67. The summed E-state index contributed by atoms with van der Waals surface area (Å²) in [6, 6.07) is 7.79. The maximum Gasteiger partial charge on any atom is 0.303 e. The van der Waals surface area contributed by atoms with Crippen LogP contribution in [0.3, 0.4) is 0 Å². The predicted molar refractivity (Wildman–Crippen MR) is 126 cm³/mol. The van der Waals surface area contributed by atoms with E-state index < -0.39 is 11.7 Å². The van der Waals surface area contributed by atoms with E-state index in [0.717, 1.165) is 43.0 Å². The number of ether oxygens (including phenoxy) is 3. The molecule has 0 saturated heterocycles. The van der Waals surface area contributed by atoms with Crippen molar-refractivity contribution in [3.8, 4) is 11.5 Å². The quantitative estimate of drug-likeness (QED) is 0.520. The fraction of sp³-hybridized carbons (Fsp3) is 0.630.